The quantitative estimate of drug-likeness (QED) is 0.177. The van der Waals surface area contributed by atoms with Gasteiger partial charge >= 0.3 is 58.4 Å². The van der Waals surface area contributed by atoms with Gasteiger partial charge in [0.15, 0.2) is 0 Å². The van der Waals surface area contributed by atoms with Gasteiger partial charge in [0.2, 0.25) is 0 Å². The van der Waals surface area contributed by atoms with Gasteiger partial charge in [-0.1, -0.05) is 96.4 Å². The van der Waals surface area contributed by atoms with Crippen LogP contribution in [0, 0.1) is 0 Å². The second-order valence-electron chi connectivity index (χ2n) is 10.5. The molecule has 0 aliphatic rings. The molecule has 0 spiro atoms. The van der Waals surface area contributed by atoms with E-state index in [0.717, 1.165) is 38.8 Å². The van der Waals surface area contributed by atoms with E-state index in [1.54, 1.807) is 48.8 Å². The summed E-state index contributed by atoms with van der Waals surface area (Å²) in [6.45, 7) is 7.88. The van der Waals surface area contributed by atoms with Crippen LogP contribution in [-0.2, 0) is 77.6 Å². The van der Waals surface area contributed by atoms with Crippen molar-refractivity contribution in [2.75, 3.05) is 14.2 Å². The standard InChI is InChI=1S/2C16H17NO2.4C2H4O2.3Zn/c2*1-12(13-7-4-3-5-8-13)17-11-14-9-6-10-15(19-2)16(14)18;4*1-2(3)4;;;/h2*3-12,18H,1-2H3;4*1H3,(H,3,4);;;/q;;;;;;3*+2/p-6/t2*12-;;;;;;;/m11......./s1. The average Bonchev–Trinajstić information content (AvgIpc) is 3.10. The Kier molecular flexibility index (Phi) is 39.6. The molecule has 14 nitrogen and oxygen atoms in total. The Hall–Kier alpha value is -4.83. The molecule has 0 unspecified atom stereocenters. The molecule has 0 heterocycles. The van der Waals surface area contributed by atoms with Crippen LogP contribution in [0.2, 0.25) is 0 Å². The number of carboxylic acids is 4. The number of aliphatic imine (C=N–C) groups is 2. The van der Waals surface area contributed by atoms with Crippen LogP contribution in [0.1, 0.15) is 75.9 Å². The van der Waals surface area contributed by atoms with E-state index in [0.29, 0.717) is 22.6 Å². The largest absolute Gasteiger partial charge is 2.00 e. The third-order valence-corrected chi connectivity index (χ3v) is 5.90. The fraction of sp³-hybridized carbons (Fsp3) is 0.250. The van der Waals surface area contributed by atoms with E-state index in [1.807, 2.05) is 74.5 Å². The van der Waals surface area contributed by atoms with E-state index in [2.05, 4.69) is 9.98 Å². The van der Waals surface area contributed by atoms with Crippen LogP contribution in [0.15, 0.2) is 107 Å². The van der Waals surface area contributed by atoms with Crippen molar-refractivity contribution in [1.82, 2.24) is 0 Å². The smallest absolute Gasteiger partial charge is 0.870 e. The van der Waals surface area contributed by atoms with Crippen molar-refractivity contribution in [3.05, 3.63) is 119 Å². The SMILES string of the molecule is CC(=O)[O-].CC(=O)[O-].CC(=O)[O-].CC(=O)[O-].COc1cccc(C=N[C@H](C)c2ccccc2)c1[O-].COc1cccc(C=N[C@H](C)c2ccccc2)c1[O-].[Zn+2].[Zn+2].[Zn+2]. The molecular weight excluding hydrogens is 897 g/mol. The number of carbonyl (C=O) groups is 4. The molecule has 4 rings (SSSR count). The van der Waals surface area contributed by atoms with Crippen molar-refractivity contribution in [2.24, 2.45) is 9.98 Å². The number of methoxy groups -OCH3 is 2. The summed E-state index contributed by atoms with van der Waals surface area (Å²) in [6.07, 6.45) is 3.23. The summed E-state index contributed by atoms with van der Waals surface area (Å²) in [4.78, 5) is 44.4. The molecule has 0 saturated carbocycles. The van der Waals surface area contributed by atoms with Crippen molar-refractivity contribution >= 4 is 36.3 Å². The number of rotatable bonds is 8. The van der Waals surface area contributed by atoms with Crippen molar-refractivity contribution in [3.63, 3.8) is 0 Å². The van der Waals surface area contributed by atoms with Gasteiger partial charge in [0.25, 0.3) is 0 Å². The van der Waals surface area contributed by atoms with Gasteiger partial charge in [-0.3, -0.25) is 9.98 Å². The normalized spacial score (nSPS) is 10.1. The van der Waals surface area contributed by atoms with Crippen LogP contribution in [0.3, 0.4) is 0 Å². The maximum absolute atomic E-state index is 11.9. The van der Waals surface area contributed by atoms with Gasteiger partial charge in [-0.25, -0.2) is 0 Å². The van der Waals surface area contributed by atoms with Crippen molar-refractivity contribution < 1.29 is 118 Å². The Morgan fingerprint density at radius 2 is 0.737 bits per heavy atom. The molecule has 0 amide bonds. The number of para-hydroxylation sites is 2. The van der Waals surface area contributed by atoms with E-state index < -0.39 is 23.9 Å². The number of carboxylic acid groups (broad SMARTS) is 4. The maximum atomic E-state index is 11.9. The number of aliphatic carboxylic acids is 4. The molecular formula is C40H44N2O12Zn3. The minimum absolute atomic E-state index is 0. The number of hydrogen-bond donors (Lipinski definition) is 0. The number of hydrogen-bond acceptors (Lipinski definition) is 14. The summed E-state index contributed by atoms with van der Waals surface area (Å²) in [5.74, 6) is -3.91. The van der Waals surface area contributed by atoms with E-state index in [4.69, 9.17) is 49.1 Å². The zero-order chi connectivity index (χ0) is 41.6. The van der Waals surface area contributed by atoms with E-state index in [-0.39, 0.29) is 82.0 Å². The minimum Gasteiger partial charge on any atom is -0.870 e. The van der Waals surface area contributed by atoms with Crippen molar-refractivity contribution in [1.29, 1.82) is 0 Å². The van der Waals surface area contributed by atoms with Crippen LogP contribution >= 0.6 is 0 Å². The number of carbonyl (C=O) groups excluding carboxylic acids is 4. The fourth-order valence-electron chi connectivity index (χ4n) is 3.61. The van der Waals surface area contributed by atoms with Gasteiger partial charge in [0, 0.05) is 36.3 Å². The molecule has 0 N–H and O–H groups in total. The molecule has 0 bridgehead atoms. The van der Waals surface area contributed by atoms with Gasteiger partial charge in [-0.15, -0.1) is 0 Å². The predicted octanol–water partition coefficient (Wildman–Crippen LogP) is 0.915. The summed E-state index contributed by atoms with van der Waals surface area (Å²) >= 11 is 0. The summed E-state index contributed by atoms with van der Waals surface area (Å²) in [5.41, 5.74) is 3.33. The first-order valence-corrected chi connectivity index (χ1v) is 15.9. The summed E-state index contributed by atoms with van der Waals surface area (Å²) in [7, 11) is 2.98. The van der Waals surface area contributed by atoms with Crippen LogP contribution in [0.4, 0.5) is 0 Å². The average molecular weight is 941 g/mol. The molecule has 0 saturated heterocycles. The summed E-state index contributed by atoms with van der Waals surface area (Å²) < 4.78 is 10.0. The van der Waals surface area contributed by atoms with Gasteiger partial charge in [0.1, 0.15) is 11.5 Å². The molecule has 2 atom stereocenters. The first-order chi connectivity index (χ1) is 25.4. The zero-order valence-corrected chi connectivity index (χ0v) is 42.4. The molecule has 0 aliphatic heterocycles. The van der Waals surface area contributed by atoms with Gasteiger partial charge in [-0.05, 0) is 75.9 Å². The molecule has 0 aliphatic carbocycles. The molecule has 4 aromatic carbocycles. The molecule has 292 valence electrons. The second kappa shape index (κ2) is 36.8. The van der Waals surface area contributed by atoms with Crippen LogP contribution in [0.25, 0.3) is 0 Å². The Labute approximate surface area is 372 Å². The van der Waals surface area contributed by atoms with E-state index >= 15 is 0 Å². The third kappa shape index (κ3) is 33.1. The Balaban J connectivity index is -0.000000222. The van der Waals surface area contributed by atoms with Gasteiger partial charge in [-0.2, -0.15) is 0 Å². The van der Waals surface area contributed by atoms with Crippen LogP contribution in [-0.4, -0.2) is 50.5 Å². The van der Waals surface area contributed by atoms with Crippen molar-refractivity contribution in [3.8, 4) is 23.0 Å². The fourth-order valence-corrected chi connectivity index (χ4v) is 3.61. The van der Waals surface area contributed by atoms with Gasteiger partial charge in [0.05, 0.1) is 26.3 Å². The Morgan fingerprint density at radius 3 is 0.965 bits per heavy atom. The monoisotopic (exact) mass is 936 g/mol. The Bertz CT molecular complexity index is 1590. The zero-order valence-electron chi connectivity index (χ0n) is 33.5. The summed E-state index contributed by atoms with van der Waals surface area (Å²) in [6, 6.07) is 30.3. The first kappa shape index (κ1) is 61.4. The van der Waals surface area contributed by atoms with Crippen molar-refractivity contribution in [2.45, 2.75) is 53.6 Å². The third-order valence-electron chi connectivity index (χ3n) is 5.90. The minimum atomic E-state index is -1.08. The number of nitrogens with zero attached hydrogens (tertiary/aromatic N) is 2. The molecule has 0 aromatic heterocycles. The number of ether oxygens (including phenoxy) is 2. The van der Waals surface area contributed by atoms with E-state index in [1.165, 1.54) is 14.2 Å². The predicted molar refractivity (Wildman–Crippen MR) is 193 cm³/mol. The Morgan fingerprint density at radius 1 is 0.491 bits per heavy atom. The molecule has 4 aromatic rings. The maximum Gasteiger partial charge on any atom is 2.00 e. The molecule has 0 radical (unpaired) electrons. The molecule has 57 heavy (non-hydrogen) atoms. The van der Waals surface area contributed by atoms with Crippen LogP contribution in [0.5, 0.6) is 23.0 Å². The van der Waals surface area contributed by atoms with E-state index in [9.17, 15) is 10.2 Å². The molecule has 17 heteroatoms. The second-order valence-corrected chi connectivity index (χ2v) is 10.5. The topological polar surface area (TPSA) is 250 Å². The first-order valence-electron chi connectivity index (χ1n) is 15.9. The molecule has 0 fully saturated rings. The number of benzene rings is 4. The summed E-state index contributed by atoms with van der Waals surface area (Å²) in [5, 5.41) is 59.4. The van der Waals surface area contributed by atoms with Crippen LogP contribution < -0.4 is 40.1 Å². The van der Waals surface area contributed by atoms with Gasteiger partial charge < -0.3 is 59.3 Å².